The van der Waals surface area contributed by atoms with Crippen LogP contribution in [-0.4, -0.2) is 31.1 Å². The van der Waals surface area contributed by atoms with E-state index >= 15 is 0 Å². The van der Waals surface area contributed by atoms with Gasteiger partial charge in [0.15, 0.2) is 18.1 Å². The largest absolute Gasteiger partial charge is 0.485 e. The fourth-order valence-electron chi connectivity index (χ4n) is 2.37. The van der Waals surface area contributed by atoms with Crippen LogP contribution in [0.1, 0.15) is 12.5 Å². The van der Waals surface area contributed by atoms with E-state index in [4.69, 9.17) is 14.2 Å². The highest BCUT2D eigenvalue weighted by atomic mass is 16.6. The summed E-state index contributed by atoms with van der Waals surface area (Å²) >= 11 is 0. The Labute approximate surface area is 151 Å². The number of rotatable bonds is 5. The molecule has 2 amide bonds. The quantitative estimate of drug-likeness (QED) is 0.795. The van der Waals surface area contributed by atoms with Crippen molar-refractivity contribution in [1.82, 2.24) is 10.9 Å². The summed E-state index contributed by atoms with van der Waals surface area (Å²) in [5, 5.41) is 0. The van der Waals surface area contributed by atoms with E-state index in [1.807, 2.05) is 18.2 Å². The average molecular weight is 356 g/mol. The molecule has 2 N–H and O–H groups in total. The predicted octanol–water partition coefficient (Wildman–Crippen LogP) is 1.62. The van der Waals surface area contributed by atoms with Crippen LogP contribution in [0, 0.1) is 0 Å². The number of para-hydroxylation sites is 2. The molecule has 1 aliphatic heterocycles. The van der Waals surface area contributed by atoms with Crippen LogP contribution >= 0.6 is 0 Å². The number of fused-ring (bicyclic) bond motifs is 1. The highest BCUT2D eigenvalue weighted by molar-refractivity contribution is 5.85. The molecular weight excluding hydrogens is 336 g/mol. The Hall–Kier alpha value is -3.22. The Morgan fingerprint density at radius 1 is 1.08 bits per heavy atom. The number of carbonyl (C=O) groups is 2. The van der Waals surface area contributed by atoms with Crippen LogP contribution < -0.4 is 25.1 Å². The third-order valence-electron chi connectivity index (χ3n) is 3.83. The number of benzene rings is 2. The van der Waals surface area contributed by atoms with Crippen molar-refractivity contribution >= 4 is 11.8 Å². The molecule has 7 nitrogen and oxygen atoms in total. The normalized spacial score (nSPS) is 15.0. The van der Waals surface area contributed by atoms with E-state index in [2.05, 4.69) is 17.8 Å². The molecule has 1 heterocycles. The lowest BCUT2D eigenvalue weighted by molar-refractivity contribution is -0.135. The SMILES string of the molecule is CCc1ccc(OCC(=O)NNC(=O)C2COc3ccccc3O2)cc1. The summed E-state index contributed by atoms with van der Waals surface area (Å²) in [5.41, 5.74) is 5.80. The first kappa shape index (κ1) is 17.6. The van der Waals surface area contributed by atoms with Crippen LogP contribution in [0.4, 0.5) is 0 Å². The van der Waals surface area contributed by atoms with Gasteiger partial charge in [-0.2, -0.15) is 0 Å². The van der Waals surface area contributed by atoms with Gasteiger partial charge in [0.2, 0.25) is 6.10 Å². The van der Waals surface area contributed by atoms with Crippen molar-refractivity contribution in [1.29, 1.82) is 0 Å². The third-order valence-corrected chi connectivity index (χ3v) is 3.83. The van der Waals surface area contributed by atoms with Crippen LogP contribution in [0.5, 0.6) is 17.2 Å². The summed E-state index contributed by atoms with van der Waals surface area (Å²) in [4.78, 5) is 23.9. The molecular formula is C19H20N2O5. The monoisotopic (exact) mass is 356 g/mol. The Morgan fingerprint density at radius 3 is 2.54 bits per heavy atom. The summed E-state index contributed by atoms with van der Waals surface area (Å²) < 4.78 is 16.4. The van der Waals surface area contributed by atoms with Gasteiger partial charge >= 0.3 is 0 Å². The fraction of sp³-hybridized carbons (Fsp3) is 0.263. The van der Waals surface area contributed by atoms with Gasteiger partial charge in [0.25, 0.3) is 11.8 Å². The van der Waals surface area contributed by atoms with E-state index < -0.39 is 17.9 Å². The Morgan fingerprint density at radius 2 is 1.81 bits per heavy atom. The zero-order chi connectivity index (χ0) is 18.4. The standard InChI is InChI=1S/C19H20N2O5/c1-2-13-7-9-14(10-8-13)24-12-18(22)20-21-19(23)17-11-25-15-5-3-4-6-16(15)26-17/h3-10,17H,2,11-12H2,1H3,(H,20,22)(H,21,23). The number of hydrogen-bond donors (Lipinski definition) is 2. The minimum absolute atomic E-state index is 0.0684. The molecule has 0 bridgehead atoms. The Bertz CT molecular complexity index is 776. The van der Waals surface area contributed by atoms with Crippen LogP contribution in [0.15, 0.2) is 48.5 Å². The molecule has 136 valence electrons. The first-order valence-corrected chi connectivity index (χ1v) is 8.34. The molecule has 1 atom stereocenters. The molecule has 0 fully saturated rings. The number of ether oxygens (including phenoxy) is 3. The lowest BCUT2D eigenvalue weighted by Gasteiger charge is -2.25. The van der Waals surface area contributed by atoms with Crippen LogP contribution in [-0.2, 0) is 16.0 Å². The second-order valence-electron chi connectivity index (χ2n) is 5.69. The molecule has 0 spiro atoms. The van der Waals surface area contributed by atoms with Gasteiger partial charge < -0.3 is 14.2 Å². The Kier molecular flexibility index (Phi) is 5.58. The van der Waals surface area contributed by atoms with E-state index in [1.54, 1.807) is 30.3 Å². The number of hydrogen-bond acceptors (Lipinski definition) is 5. The topological polar surface area (TPSA) is 85.9 Å². The molecule has 0 radical (unpaired) electrons. The van der Waals surface area contributed by atoms with Crippen LogP contribution in [0.2, 0.25) is 0 Å². The zero-order valence-electron chi connectivity index (χ0n) is 14.4. The van der Waals surface area contributed by atoms with E-state index in [1.165, 1.54) is 5.56 Å². The fourth-order valence-corrected chi connectivity index (χ4v) is 2.37. The van der Waals surface area contributed by atoms with Crippen LogP contribution in [0.3, 0.4) is 0 Å². The van der Waals surface area contributed by atoms with Crippen molar-refractivity contribution in [2.45, 2.75) is 19.4 Å². The third kappa shape index (κ3) is 4.44. The van der Waals surface area contributed by atoms with Crippen molar-refractivity contribution in [2.24, 2.45) is 0 Å². The molecule has 2 aromatic rings. The number of carbonyl (C=O) groups excluding carboxylic acids is 2. The van der Waals surface area contributed by atoms with E-state index in [9.17, 15) is 9.59 Å². The van der Waals surface area contributed by atoms with Gasteiger partial charge in [0.05, 0.1) is 0 Å². The molecule has 0 saturated carbocycles. The van der Waals surface area contributed by atoms with Crippen LogP contribution in [0.25, 0.3) is 0 Å². The van der Waals surface area contributed by atoms with Gasteiger partial charge in [-0.1, -0.05) is 31.2 Å². The van der Waals surface area contributed by atoms with Gasteiger partial charge in [0.1, 0.15) is 12.4 Å². The van der Waals surface area contributed by atoms with E-state index in [0.29, 0.717) is 17.2 Å². The summed E-state index contributed by atoms with van der Waals surface area (Å²) in [6, 6.07) is 14.6. The second-order valence-corrected chi connectivity index (χ2v) is 5.69. The number of nitrogens with one attached hydrogen (secondary N) is 2. The van der Waals surface area contributed by atoms with Gasteiger partial charge in [-0.25, -0.2) is 0 Å². The summed E-state index contributed by atoms with van der Waals surface area (Å²) in [6.45, 7) is 1.92. The average Bonchev–Trinajstić information content (AvgIpc) is 2.70. The minimum Gasteiger partial charge on any atom is -0.485 e. The molecule has 3 rings (SSSR count). The smallest absolute Gasteiger partial charge is 0.283 e. The molecule has 0 aromatic heterocycles. The number of aryl methyl sites for hydroxylation is 1. The predicted molar refractivity (Wildman–Crippen MR) is 94.0 cm³/mol. The van der Waals surface area contributed by atoms with Crippen molar-refractivity contribution in [3.05, 3.63) is 54.1 Å². The van der Waals surface area contributed by atoms with Crippen molar-refractivity contribution in [3.8, 4) is 17.2 Å². The lowest BCUT2D eigenvalue weighted by atomic mass is 10.2. The molecule has 0 aliphatic carbocycles. The lowest BCUT2D eigenvalue weighted by Crippen LogP contribution is -2.51. The molecule has 2 aromatic carbocycles. The minimum atomic E-state index is -0.840. The zero-order valence-corrected chi connectivity index (χ0v) is 14.4. The van der Waals surface area contributed by atoms with Gasteiger partial charge in [0, 0.05) is 0 Å². The summed E-state index contributed by atoms with van der Waals surface area (Å²) in [5.74, 6) is 0.687. The van der Waals surface area contributed by atoms with E-state index in [-0.39, 0.29) is 13.2 Å². The van der Waals surface area contributed by atoms with Gasteiger partial charge in [-0.05, 0) is 36.2 Å². The van der Waals surface area contributed by atoms with E-state index in [0.717, 1.165) is 6.42 Å². The van der Waals surface area contributed by atoms with Crippen molar-refractivity contribution in [3.63, 3.8) is 0 Å². The maximum Gasteiger partial charge on any atom is 0.283 e. The maximum atomic E-state index is 12.1. The highest BCUT2D eigenvalue weighted by Crippen LogP contribution is 2.30. The summed E-state index contributed by atoms with van der Waals surface area (Å²) in [7, 11) is 0. The number of hydrazine groups is 1. The molecule has 1 unspecified atom stereocenters. The first-order valence-electron chi connectivity index (χ1n) is 8.34. The molecule has 7 heteroatoms. The molecule has 0 saturated heterocycles. The second kappa shape index (κ2) is 8.24. The molecule has 1 aliphatic rings. The highest BCUT2D eigenvalue weighted by Gasteiger charge is 2.27. The number of amides is 2. The summed E-state index contributed by atoms with van der Waals surface area (Å²) in [6.07, 6.45) is 0.0947. The maximum absolute atomic E-state index is 12.1. The Balaban J connectivity index is 1.42. The van der Waals surface area contributed by atoms with Gasteiger partial charge in [-0.3, -0.25) is 20.4 Å². The first-order chi connectivity index (χ1) is 12.7. The van der Waals surface area contributed by atoms with Crippen molar-refractivity contribution in [2.75, 3.05) is 13.2 Å². The van der Waals surface area contributed by atoms with Gasteiger partial charge in [-0.15, -0.1) is 0 Å². The van der Waals surface area contributed by atoms with Crippen molar-refractivity contribution < 1.29 is 23.8 Å². The molecule has 26 heavy (non-hydrogen) atoms.